The van der Waals surface area contributed by atoms with Crippen LogP contribution in [0.3, 0.4) is 0 Å². The zero-order valence-electron chi connectivity index (χ0n) is 41.1. The molecule has 0 N–H and O–H groups in total. The number of nitrogens with zero attached hydrogens (tertiary/aromatic N) is 2. The Labute approximate surface area is 405 Å². The van der Waals surface area contributed by atoms with Crippen LogP contribution in [-0.2, 0) is 17.1 Å². The van der Waals surface area contributed by atoms with Gasteiger partial charge in [-0.15, -0.1) is 5.69 Å². The van der Waals surface area contributed by atoms with E-state index in [1.165, 1.54) is 148 Å². The van der Waals surface area contributed by atoms with Crippen LogP contribution < -0.4 is 9.88 Å². The Bertz CT molecular complexity index is 2320. The first-order chi connectivity index (χ1) is 29.3. The minimum Gasteiger partial charge on any atom is -0.663 e. The maximum atomic E-state index is 4.35. The predicted molar refractivity (Wildman–Crippen MR) is 285 cm³/mol. The molecule has 1 fully saturated rings. The van der Waals surface area contributed by atoms with Gasteiger partial charge in [-0.3, -0.25) is 0 Å². The van der Waals surface area contributed by atoms with E-state index < -0.39 is 0 Å². The molecule has 3 heteroatoms. The van der Waals surface area contributed by atoms with Gasteiger partial charge in [0.1, 0.15) is 0 Å². The minimum atomic E-state index is 0. The molecule has 0 radical (unpaired) electrons. The summed E-state index contributed by atoms with van der Waals surface area (Å²) in [5.41, 5.74) is 29.6. The Kier molecular flexibility index (Phi) is 19.2. The number of fused-ring (bicyclic) bond motifs is 1. The zero-order chi connectivity index (χ0) is 43.5. The largest absolute Gasteiger partial charge is 2.00 e. The van der Waals surface area contributed by atoms with E-state index in [-0.39, 0.29) is 39.3 Å². The van der Waals surface area contributed by atoms with Gasteiger partial charge in [-0.05, 0) is 98.8 Å². The van der Waals surface area contributed by atoms with E-state index in [2.05, 4.69) is 194 Å². The molecular formula is C62H74FeN2-2. The molecule has 6 aromatic carbocycles. The molecule has 9 rings (SSSR count). The molecule has 6 aromatic rings. The number of aromatic nitrogens is 1. The summed E-state index contributed by atoms with van der Waals surface area (Å²) in [4.78, 5) is 6.81. The first-order valence-electron chi connectivity index (χ1n) is 22.4. The van der Waals surface area contributed by atoms with Crippen LogP contribution in [-0.4, -0.2) is 13.1 Å². The number of hydrogen-bond acceptors (Lipinski definition) is 1. The van der Waals surface area contributed by atoms with Gasteiger partial charge in [0, 0.05) is 18.8 Å². The Morgan fingerprint density at radius 2 is 0.785 bits per heavy atom. The fourth-order valence-corrected chi connectivity index (χ4v) is 9.92. The number of rotatable bonds is 6. The molecular weight excluding hydrogens is 829 g/mol. The monoisotopic (exact) mass is 903 g/mol. The van der Waals surface area contributed by atoms with Crippen LogP contribution in [0.5, 0.6) is 0 Å². The summed E-state index contributed by atoms with van der Waals surface area (Å²) in [5.74, 6) is 0. The number of anilines is 1. The maximum Gasteiger partial charge on any atom is 2.00 e. The van der Waals surface area contributed by atoms with Crippen LogP contribution in [0.25, 0.3) is 66.9 Å². The van der Waals surface area contributed by atoms with Crippen molar-refractivity contribution in [2.45, 2.75) is 103 Å². The number of benzene rings is 5. The number of aryl methyl sites for hydroxylation is 10. The summed E-state index contributed by atoms with van der Waals surface area (Å²) >= 11 is 0. The molecule has 342 valence electrons. The molecule has 0 amide bonds. The van der Waals surface area contributed by atoms with Gasteiger partial charge in [-0.2, -0.15) is 6.20 Å². The van der Waals surface area contributed by atoms with Crippen LogP contribution in [0.15, 0.2) is 121 Å². The van der Waals surface area contributed by atoms with Gasteiger partial charge in [0.15, 0.2) is 0 Å². The Hall–Kier alpha value is -5.47. The Morgan fingerprint density at radius 1 is 0.446 bits per heavy atom. The summed E-state index contributed by atoms with van der Waals surface area (Å²) in [6.45, 7) is 28.6. The second kappa shape index (κ2) is 23.1. The van der Waals surface area contributed by atoms with Crippen LogP contribution >= 0.6 is 0 Å². The van der Waals surface area contributed by atoms with Gasteiger partial charge in [-0.25, -0.2) is 0 Å². The van der Waals surface area contributed by atoms with E-state index in [4.69, 9.17) is 0 Å². The van der Waals surface area contributed by atoms with Gasteiger partial charge in [0.2, 0.25) is 0 Å². The topological polar surface area (TPSA) is 17.3 Å². The standard InChI is InChI=1S/C45H45.C12H13N2.C2H6.CH4.2CH3.Fe/c1-26-11-27(2)17-36(16-26)41-42(37-18-28(3)12-29(4)19-37)44(39-22-32(7)14-33(8)23-39)45(40-24-34(9)15-35(10)25-40)43(41)38-20-30(5)13-31(6)21-38;1-2-9-14(8-1)12-6-7-13-11-5-3-4-10(11)12;1-2;;;;/h11-25H,1-10H3;3-7H,1-2,8-9H2;1-2H3;1H4;2*1H3;/q2*-1;;;2*-1;+2. The maximum absolute atomic E-state index is 4.35. The molecule has 0 unspecified atom stereocenters. The fraction of sp³-hybridized carbons (Fsp3) is 0.274. The van der Waals surface area contributed by atoms with E-state index in [1.807, 2.05) is 20.0 Å². The third kappa shape index (κ3) is 11.9. The van der Waals surface area contributed by atoms with Gasteiger partial charge in [0.05, 0.1) is 0 Å². The average Bonchev–Trinajstić information content (AvgIpc) is 3.97. The first kappa shape index (κ1) is 53.9. The quantitative estimate of drug-likeness (QED) is 0.122. The van der Waals surface area contributed by atoms with Gasteiger partial charge in [0.25, 0.3) is 0 Å². The van der Waals surface area contributed by atoms with Crippen LogP contribution in [0.4, 0.5) is 5.69 Å². The Morgan fingerprint density at radius 3 is 1.15 bits per heavy atom. The third-order valence-electron chi connectivity index (χ3n) is 11.8. The van der Waals surface area contributed by atoms with Crippen molar-refractivity contribution >= 4 is 5.69 Å². The van der Waals surface area contributed by atoms with Gasteiger partial charge in [-0.1, -0.05) is 237 Å². The molecule has 0 saturated carbocycles. The van der Waals surface area contributed by atoms with E-state index >= 15 is 0 Å². The van der Waals surface area contributed by atoms with E-state index in [0.29, 0.717) is 0 Å². The van der Waals surface area contributed by atoms with Crippen molar-refractivity contribution in [2.24, 2.45) is 0 Å². The molecule has 1 saturated heterocycles. The van der Waals surface area contributed by atoms with Crippen molar-refractivity contribution in [1.82, 2.24) is 4.98 Å². The summed E-state index contributed by atoms with van der Waals surface area (Å²) in [5, 5.41) is 0. The number of pyridine rings is 1. The summed E-state index contributed by atoms with van der Waals surface area (Å²) in [6, 6.07) is 43.7. The molecule has 0 atom stereocenters. The molecule has 2 aliphatic heterocycles. The molecule has 0 aromatic heterocycles. The molecule has 0 spiro atoms. The van der Waals surface area contributed by atoms with Gasteiger partial charge >= 0.3 is 17.1 Å². The van der Waals surface area contributed by atoms with Crippen molar-refractivity contribution in [3.8, 4) is 66.9 Å². The molecule has 2 heterocycles. The third-order valence-corrected chi connectivity index (χ3v) is 11.8. The minimum absolute atomic E-state index is 0. The van der Waals surface area contributed by atoms with E-state index in [9.17, 15) is 0 Å². The zero-order valence-corrected chi connectivity index (χ0v) is 42.2. The molecule has 65 heavy (non-hydrogen) atoms. The number of hydrogen-bond donors (Lipinski definition) is 0. The van der Waals surface area contributed by atoms with Crippen molar-refractivity contribution in [3.05, 3.63) is 192 Å². The van der Waals surface area contributed by atoms with E-state index in [1.54, 1.807) is 0 Å². The molecule has 2 nitrogen and oxygen atoms in total. The van der Waals surface area contributed by atoms with Crippen molar-refractivity contribution in [3.63, 3.8) is 0 Å². The Balaban J connectivity index is 0.000000474. The molecule has 3 aliphatic rings. The summed E-state index contributed by atoms with van der Waals surface area (Å²) in [6.07, 6.45) is 4.56. The van der Waals surface area contributed by atoms with Crippen LogP contribution in [0.2, 0.25) is 0 Å². The molecule has 0 bridgehead atoms. The average molecular weight is 903 g/mol. The SMILES string of the molecule is C.CC.Cc1cc(C)cc(-c2c(-c3cc(C)cc(C)c3)c(-c3cc(C)cc(C)c3)[c-](-c3cc(C)cc(C)c3)c2-c2cc(C)cc(C)c2)c1.[CH3-].[CH3-].[Fe+2].c1cc2[n-]ccc(N3CCCC3)c-2c1. The summed E-state index contributed by atoms with van der Waals surface area (Å²) in [7, 11) is 0. The van der Waals surface area contributed by atoms with E-state index in [0.717, 1.165) is 5.69 Å². The predicted octanol–water partition coefficient (Wildman–Crippen LogP) is 17.7. The molecule has 1 aliphatic carbocycles. The summed E-state index contributed by atoms with van der Waals surface area (Å²) < 4.78 is 0. The van der Waals surface area contributed by atoms with Crippen molar-refractivity contribution in [2.75, 3.05) is 18.0 Å². The normalized spacial score (nSPS) is 11.5. The fourth-order valence-electron chi connectivity index (χ4n) is 9.92. The van der Waals surface area contributed by atoms with Crippen LogP contribution in [0, 0.1) is 84.1 Å². The van der Waals surface area contributed by atoms with Crippen LogP contribution in [0.1, 0.15) is 89.8 Å². The second-order valence-electron chi connectivity index (χ2n) is 17.6. The van der Waals surface area contributed by atoms with Crippen molar-refractivity contribution in [1.29, 1.82) is 0 Å². The smallest absolute Gasteiger partial charge is 0.663 e. The van der Waals surface area contributed by atoms with Crippen molar-refractivity contribution < 1.29 is 17.1 Å². The van der Waals surface area contributed by atoms with Gasteiger partial charge < -0.3 is 24.7 Å². The second-order valence-corrected chi connectivity index (χ2v) is 17.6. The first-order valence-corrected chi connectivity index (χ1v) is 22.4.